The zero-order valence-corrected chi connectivity index (χ0v) is 40.0. The highest BCUT2D eigenvalue weighted by Gasteiger charge is 2.38. The number of pyridine rings is 1. The fraction of sp³-hybridized carbons (Fsp3) is 0.380. The number of carbonyl (C=O) groups excluding carboxylic acids is 3. The van der Waals surface area contributed by atoms with Gasteiger partial charge in [-0.25, -0.2) is 32.2 Å². The van der Waals surface area contributed by atoms with Crippen LogP contribution in [-0.4, -0.2) is 78.0 Å². The Hall–Kier alpha value is -6.59. The Bertz CT molecular complexity index is 2740. The van der Waals surface area contributed by atoms with Gasteiger partial charge in [0.15, 0.2) is 21.7 Å². The molecule has 5 aromatic rings. The number of carboxylic acid groups (broad SMARTS) is 1. The fourth-order valence-electron chi connectivity index (χ4n) is 7.33. The zero-order chi connectivity index (χ0) is 49.0. The van der Waals surface area contributed by atoms with E-state index in [0.717, 1.165) is 11.8 Å². The summed E-state index contributed by atoms with van der Waals surface area (Å²) < 4.78 is 59.4. The predicted octanol–water partition coefficient (Wildman–Crippen LogP) is 10.00. The van der Waals surface area contributed by atoms with Crippen molar-refractivity contribution in [2.45, 2.75) is 114 Å². The summed E-state index contributed by atoms with van der Waals surface area (Å²) in [5, 5.41) is 16.1. The summed E-state index contributed by atoms with van der Waals surface area (Å²) in [6.45, 7) is 12.1. The van der Waals surface area contributed by atoms with Crippen molar-refractivity contribution in [1.29, 1.82) is 0 Å². The molecule has 0 saturated heterocycles. The number of anilines is 3. The maximum atomic E-state index is 15.6. The standard InChI is InChI=1S/C50H58FN5O10S/c1-30(23-43(57)53-34-17-22-42(33(24-34)28-55(8)9)67(62,63)36-18-19-36)38-25-32(15-21-41(38)64-29-31-13-11-10-12-14-31)44(46(58)59)54-35-16-20-37-39(26-35)40(51)27-52-45(37)56(47(60)65-49(2,3)4)48(61)66-50(5,6)7/h10-17,20-22,24-27,30,36,44,54H,18-19,23,28-29H2,1-9H3,(H,53,57)(H,58,59)/t30-,44?/m1/s1. The fourth-order valence-corrected chi connectivity index (χ4v) is 9.20. The molecule has 1 aliphatic carbocycles. The van der Waals surface area contributed by atoms with Crippen molar-refractivity contribution in [2.24, 2.45) is 0 Å². The third-order valence-corrected chi connectivity index (χ3v) is 12.8. The van der Waals surface area contributed by atoms with Crippen LogP contribution in [0.4, 0.5) is 31.2 Å². The molecular formula is C50H58FN5O10S. The number of aromatic nitrogens is 1. The summed E-state index contributed by atoms with van der Waals surface area (Å²) >= 11 is 0. The number of hydrogen-bond acceptors (Lipinski definition) is 12. The van der Waals surface area contributed by atoms with Gasteiger partial charge in [0.1, 0.15) is 29.4 Å². The smallest absolute Gasteiger partial charge is 0.425 e. The van der Waals surface area contributed by atoms with Crippen LogP contribution in [0.3, 0.4) is 0 Å². The van der Waals surface area contributed by atoms with Gasteiger partial charge >= 0.3 is 18.2 Å². The van der Waals surface area contributed by atoms with Crippen LogP contribution < -0.4 is 20.3 Å². The second-order valence-electron chi connectivity index (χ2n) is 18.9. The van der Waals surface area contributed by atoms with Gasteiger partial charge in [0.05, 0.1) is 16.3 Å². The number of ether oxygens (including phenoxy) is 3. The highest BCUT2D eigenvalue weighted by molar-refractivity contribution is 7.92. The van der Waals surface area contributed by atoms with Crippen molar-refractivity contribution in [3.63, 3.8) is 0 Å². The summed E-state index contributed by atoms with van der Waals surface area (Å²) in [5.41, 5.74) is 0.883. The maximum absolute atomic E-state index is 15.6. The third-order valence-electron chi connectivity index (χ3n) is 10.5. The molecule has 17 heteroatoms. The van der Waals surface area contributed by atoms with E-state index in [0.29, 0.717) is 52.4 Å². The number of amides is 3. The Morgan fingerprint density at radius 1 is 0.851 bits per heavy atom. The first kappa shape index (κ1) is 49.8. The first-order valence-electron chi connectivity index (χ1n) is 21.9. The predicted molar refractivity (Wildman–Crippen MR) is 254 cm³/mol. The average Bonchev–Trinajstić information content (AvgIpc) is 4.09. The van der Waals surface area contributed by atoms with Gasteiger partial charge in [0, 0.05) is 35.1 Å². The molecule has 67 heavy (non-hydrogen) atoms. The van der Waals surface area contributed by atoms with E-state index in [4.69, 9.17) is 14.2 Å². The number of benzene rings is 4. The van der Waals surface area contributed by atoms with E-state index in [-0.39, 0.29) is 46.1 Å². The summed E-state index contributed by atoms with van der Waals surface area (Å²) in [6, 6.07) is 22.0. The summed E-state index contributed by atoms with van der Waals surface area (Å²) in [5.74, 6) is -2.81. The molecule has 1 aromatic heterocycles. The highest BCUT2D eigenvalue weighted by atomic mass is 32.2. The number of nitrogens with one attached hydrogen (secondary N) is 2. The Morgan fingerprint density at radius 2 is 1.49 bits per heavy atom. The van der Waals surface area contributed by atoms with Crippen molar-refractivity contribution >= 4 is 61.9 Å². The number of imide groups is 1. The summed E-state index contributed by atoms with van der Waals surface area (Å²) in [7, 11) is 0.180. The third kappa shape index (κ3) is 12.9. The first-order valence-corrected chi connectivity index (χ1v) is 23.4. The molecule has 15 nitrogen and oxygen atoms in total. The van der Waals surface area contributed by atoms with Crippen LogP contribution >= 0.6 is 0 Å². The van der Waals surface area contributed by atoms with E-state index in [1.165, 1.54) is 18.2 Å². The number of carbonyl (C=O) groups is 4. The van der Waals surface area contributed by atoms with E-state index >= 15 is 4.39 Å². The van der Waals surface area contributed by atoms with E-state index in [2.05, 4.69) is 15.6 Å². The molecule has 0 bridgehead atoms. The highest BCUT2D eigenvalue weighted by Crippen LogP contribution is 2.38. The van der Waals surface area contributed by atoms with Crippen LogP contribution in [0.2, 0.25) is 0 Å². The zero-order valence-electron chi connectivity index (χ0n) is 39.2. The molecule has 1 aliphatic rings. The molecule has 3 amide bonds. The molecule has 0 aliphatic heterocycles. The number of rotatable bonds is 16. The average molecular weight is 940 g/mol. The van der Waals surface area contributed by atoms with Crippen LogP contribution in [0.1, 0.15) is 102 Å². The second-order valence-corrected chi connectivity index (χ2v) is 21.1. The van der Waals surface area contributed by atoms with Gasteiger partial charge in [-0.2, -0.15) is 4.90 Å². The quantitative estimate of drug-likeness (QED) is 0.0847. The van der Waals surface area contributed by atoms with Gasteiger partial charge in [-0.15, -0.1) is 0 Å². The van der Waals surface area contributed by atoms with Gasteiger partial charge in [0.25, 0.3) is 0 Å². The van der Waals surface area contributed by atoms with Crippen LogP contribution in [0.5, 0.6) is 5.75 Å². The Morgan fingerprint density at radius 3 is 2.09 bits per heavy atom. The summed E-state index contributed by atoms with van der Waals surface area (Å²) in [6.07, 6.45) is -0.157. The van der Waals surface area contributed by atoms with Crippen LogP contribution in [0.25, 0.3) is 10.8 Å². The number of halogens is 1. The molecule has 6 rings (SSSR count). The minimum absolute atomic E-state index is 0.0385. The van der Waals surface area contributed by atoms with Crippen LogP contribution in [0.15, 0.2) is 96.0 Å². The molecule has 0 radical (unpaired) electrons. The topological polar surface area (TPSA) is 194 Å². The molecule has 1 heterocycles. The van der Waals surface area contributed by atoms with Crippen molar-refractivity contribution in [3.05, 3.63) is 119 Å². The van der Waals surface area contributed by atoms with Crippen molar-refractivity contribution < 1.29 is 51.3 Å². The molecule has 2 atom stereocenters. The van der Waals surface area contributed by atoms with Crippen LogP contribution in [0, 0.1) is 5.82 Å². The molecule has 3 N–H and O–H groups in total. The first-order chi connectivity index (χ1) is 31.4. The monoisotopic (exact) mass is 939 g/mol. The summed E-state index contributed by atoms with van der Waals surface area (Å²) in [4.78, 5) is 60.5. The molecule has 1 saturated carbocycles. The number of sulfone groups is 1. The Labute approximate surface area is 390 Å². The maximum Gasteiger partial charge on any atom is 0.425 e. The minimum Gasteiger partial charge on any atom is -0.489 e. The molecule has 356 valence electrons. The van der Waals surface area contributed by atoms with Gasteiger partial charge in [-0.1, -0.05) is 43.3 Å². The Kier molecular flexibility index (Phi) is 15.0. The van der Waals surface area contributed by atoms with E-state index in [9.17, 15) is 32.7 Å². The number of fused-ring (bicyclic) bond motifs is 1. The van der Waals surface area contributed by atoms with Gasteiger partial charge in [0.2, 0.25) is 5.91 Å². The van der Waals surface area contributed by atoms with Gasteiger partial charge in [-0.3, -0.25) is 4.79 Å². The van der Waals surface area contributed by atoms with Gasteiger partial charge < -0.3 is 34.9 Å². The number of aliphatic carboxylic acids is 1. The van der Waals surface area contributed by atoms with E-state index < -0.39 is 62.2 Å². The molecular weight excluding hydrogens is 882 g/mol. The van der Waals surface area contributed by atoms with Crippen molar-refractivity contribution in [1.82, 2.24) is 9.88 Å². The minimum atomic E-state index is -3.49. The lowest BCUT2D eigenvalue weighted by atomic mass is 9.92. The molecule has 4 aromatic carbocycles. The number of nitrogens with zero attached hydrogens (tertiary/aromatic N) is 3. The van der Waals surface area contributed by atoms with E-state index in [1.54, 1.807) is 77.9 Å². The molecule has 1 fully saturated rings. The SMILES string of the molecule is C[C@H](CC(=O)Nc1ccc(S(=O)(=O)C2CC2)c(CN(C)C)c1)c1cc(C(Nc2ccc3c(N(C(=O)OC(C)(C)C)C(=O)OC(C)(C)C)ncc(F)c3c2)C(=O)O)ccc1OCc1ccccc1. The molecule has 0 spiro atoms. The second kappa shape index (κ2) is 20.1. The van der Waals surface area contributed by atoms with Gasteiger partial charge in [-0.05, 0) is 145 Å². The lowest BCUT2D eigenvalue weighted by Crippen LogP contribution is -2.44. The van der Waals surface area contributed by atoms with Crippen molar-refractivity contribution in [3.8, 4) is 5.75 Å². The normalized spacial score (nSPS) is 14.0. The largest absolute Gasteiger partial charge is 0.489 e. The molecule has 1 unspecified atom stereocenters. The lowest BCUT2D eigenvalue weighted by Gasteiger charge is -2.28. The number of carboxylic acids is 1. The lowest BCUT2D eigenvalue weighted by molar-refractivity contribution is -0.138. The van der Waals surface area contributed by atoms with E-state index in [1.807, 2.05) is 56.3 Å². The number of hydrogen-bond donors (Lipinski definition) is 3. The van der Waals surface area contributed by atoms with Crippen molar-refractivity contribution in [2.75, 3.05) is 29.6 Å². The Balaban J connectivity index is 1.30. The van der Waals surface area contributed by atoms with Crippen LogP contribution in [-0.2, 0) is 42.1 Å².